The fourth-order valence-electron chi connectivity index (χ4n) is 0.712. The molecule has 64 valence electrons. The second-order valence-corrected chi connectivity index (χ2v) is 2.90. The lowest BCUT2D eigenvalue weighted by atomic mass is 10.3. The summed E-state index contributed by atoms with van der Waals surface area (Å²) < 4.78 is 12.7. The maximum atomic E-state index is 12.7. The van der Waals surface area contributed by atoms with Gasteiger partial charge < -0.3 is 10.8 Å². The molecule has 1 rings (SSSR count). The molecule has 1 heterocycles. The first-order valence-corrected chi connectivity index (χ1v) is 3.81. The lowest BCUT2D eigenvalue weighted by Crippen LogP contribution is -1.99. The van der Waals surface area contributed by atoms with E-state index in [1.807, 2.05) is 0 Å². The van der Waals surface area contributed by atoms with E-state index in [1.54, 1.807) is 0 Å². The van der Waals surface area contributed by atoms with Crippen LogP contribution in [0.5, 0.6) is 0 Å². The monoisotopic (exact) mass is 232 g/mol. The number of aliphatic hydroxyl groups excluding tert-OH is 1. The van der Waals surface area contributed by atoms with Gasteiger partial charge in [-0.05, 0) is 15.9 Å². The zero-order valence-electron chi connectivity index (χ0n) is 6.01. The van der Waals surface area contributed by atoms with Crippen LogP contribution in [0.1, 0.15) is 5.69 Å². The zero-order valence-corrected chi connectivity index (χ0v) is 7.60. The third-order valence-electron chi connectivity index (χ3n) is 1.24. The number of anilines is 1. The van der Waals surface area contributed by atoms with Crippen LogP contribution in [0.2, 0.25) is 0 Å². The lowest BCUT2D eigenvalue weighted by molar-refractivity contribution is 0.510. The molecule has 3 N–H and O–H groups in total. The van der Waals surface area contributed by atoms with Gasteiger partial charge >= 0.3 is 0 Å². The predicted octanol–water partition coefficient (Wildman–Crippen LogP) is 2.09. The number of halogens is 2. The highest BCUT2D eigenvalue weighted by molar-refractivity contribution is 9.10. The van der Waals surface area contributed by atoms with E-state index in [-0.39, 0.29) is 21.7 Å². The fraction of sp³-hybridized carbons (Fsp3) is 0. The summed E-state index contributed by atoms with van der Waals surface area (Å²) in [6.45, 7) is 3.23. The molecule has 12 heavy (non-hydrogen) atoms. The lowest BCUT2D eigenvalue weighted by Gasteiger charge is -2.03. The van der Waals surface area contributed by atoms with E-state index in [1.165, 1.54) is 0 Å². The molecule has 0 aliphatic heterocycles. The highest BCUT2D eigenvalue weighted by Crippen LogP contribution is 2.21. The number of nitrogen functional groups attached to an aromatic ring is 1. The van der Waals surface area contributed by atoms with Gasteiger partial charge in [0.2, 0.25) is 0 Å². The Bertz CT molecular complexity index is 340. The van der Waals surface area contributed by atoms with Crippen molar-refractivity contribution in [3.63, 3.8) is 0 Å². The Morgan fingerprint density at radius 2 is 2.33 bits per heavy atom. The number of aromatic nitrogens is 1. The predicted molar refractivity (Wildman–Crippen MR) is 48.0 cm³/mol. The van der Waals surface area contributed by atoms with Crippen LogP contribution >= 0.6 is 15.9 Å². The van der Waals surface area contributed by atoms with E-state index in [4.69, 9.17) is 10.8 Å². The molecule has 0 aliphatic rings. The van der Waals surface area contributed by atoms with Crippen LogP contribution in [-0.2, 0) is 0 Å². The smallest absolute Gasteiger partial charge is 0.158 e. The highest BCUT2D eigenvalue weighted by atomic mass is 79.9. The Morgan fingerprint density at radius 3 is 2.83 bits per heavy atom. The van der Waals surface area contributed by atoms with E-state index in [0.29, 0.717) is 0 Å². The van der Waals surface area contributed by atoms with Crippen LogP contribution in [0.15, 0.2) is 17.2 Å². The van der Waals surface area contributed by atoms with Crippen molar-refractivity contribution in [1.29, 1.82) is 0 Å². The van der Waals surface area contributed by atoms with E-state index in [0.717, 1.165) is 6.07 Å². The highest BCUT2D eigenvalue weighted by Gasteiger charge is 2.09. The molecule has 0 saturated heterocycles. The van der Waals surface area contributed by atoms with Crippen molar-refractivity contribution in [1.82, 2.24) is 4.98 Å². The molecular formula is C7H6BrFN2O. The first-order chi connectivity index (χ1) is 5.52. The third-order valence-corrected chi connectivity index (χ3v) is 1.79. The van der Waals surface area contributed by atoms with Gasteiger partial charge in [-0.3, -0.25) is 0 Å². The first kappa shape index (κ1) is 8.99. The third kappa shape index (κ3) is 1.55. The van der Waals surface area contributed by atoms with Crippen molar-refractivity contribution in [2.75, 3.05) is 5.73 Å². The summed E-state index contributed by atoms with van der Waals surface area (Å²) >= 11 is 2.85. The van der Waals surface area contributed by atoms with E-state index < -0.39 is 5.82 Å². The number of rotatable bonds is 1. The summed E-state index contributed by atoms with van der Waals surface area (Å²) in [4.78, 5) is 3.64. The summed E-state index contributed by atoms with van der Waals surface area (Å²) in [5.74, 6) is -0.856. The molecule has 3 nitrogen and oxygen atoms in total. The van der Waals surface area contributed by atoms with Gasteiger partial charge in [-0.2, -0.15) is 0 Å². The largest absolute Gasteiger partial charge is 0.506 e. The van der Waals surface area contributed by atoms with Crippen molar-refractivity contribution in [2.45, 2.75) is 0 Å². The van der Waals surface area contributed by atoms with Gasteiger partial charge in [-0.1, -0.05) is 6.58 Å². The topological polar surface area (TPSA) is 59.1 Å². The molecule has 0 amide bonds. The molecule has 0 bridgehead atoms. The Morgan fingerprint density at radius 1 is 1.75 bits per heavy atom. The van der Waals surface area contributed by atoms with Crippen molar-refractivity contribution >= 4 is 27.4 Å². The molecule has 0 fully saturated rings. The minimum absolute atomic E-state index is 0.00176. The molecule has 0 unspecified atom stereocenters. The van der Waals surface area contributed by atoms with Crippen LogP contribution in [-0.4, -0.2) is 10.1 Å². The van der Waals surface area contributed by atoms with Crippen molar-refractivity contribution in [3.8, 4) is 0 Å². The summed E-state index contributed by atoms with van der Waals surface area (Å²) in [5, 5.41) is 8.94. The Kier molecular flexibility index (Phi) is 2.32. The number of hydrogen-bond acceptors (Lipinski definition) is 3. The number of nitrogens with zero attached hydrogens (tertiary/aromatic N) is 1. The molecule has 0 saturated carbocycles. The molecule has 0 aliphatic carbocycles. The Labute approximate surface area is 76.9 Å². The maximum absolute atomic E-state index is 12.7. The van der Waals surface area contributed by atoms with Crippen LogP contribution in [0.3, 0.4) is 0 Å². The van der Waals surface area contributed by atoms with Crippen LogP contribution in [0.4, 0.5) is 10.1 Å². The Hall–Kier alpha value is -1.10. The number of nitrogens with two attached hydrogens (primary N) is 1. The van der Waals surface area contributed by atoms with Gasteiger partial charge in [0.25, 0.3) is 0 Å². The van der Waals surface area contributed by atoms with Crippen LogP contribution < -0.4 is 5.73 Å². The summed E-state index contributed by atoms with van der Waals surface area (Å²) in [7, 11) is 0. The van der Waals surface area contributed by atoms with E-state index >= 15 is 0 Å². The molecule has 0 spiro atoms. The van der Waals surface area contributed by atoms with Gasteiger partial charge in [0, 0.05) is 6.07 Å². The minimum atomic E-state index is -0.572. The average Bonchev–Trinajstić information content (AvgIpc) is 1.96. The standard InChI is InChI=1S/C7H6BrFN2O/c1-3(12)6-5(10)2-4(9)7(8)11-6/h2,12H,1,10H2. The summed E-state index contributed by atoms with van der Waals surface area (Å²) in [6, 6.07) is 1.06. The molecule has 0 atom stereocenters. The molecule has 1 aromatic rings. The Balaban J connectivity index is 3.33. The van der Waals surface area contributed by atoms with Gasteiger partial charge in [0.15, 0.2) is 5.82 Å². The molecule has 0 radical (unpaired) electrons. The SMILES string of the molecule is C=C(O)c1nc(Br)c(F)cc1N. The first-order valence-electron chi connectivity index (χ1n) is 3.02. The van der Waals surface area contributed by atoms with Crippen molar-refractivity contribution in [2.24, 2.45) is 0 Å². The van der Waals surface area contributed by atoms with Crippen molar-refractivity contribution in [3.05, 3.63) is 28.8 Å². The van der Waals surface area contributed by atoms with E-state index in [2.05, 4.69) is 27.5 Å². The molecular weight excluding hydrogens is 227 g/mol. The van der Waals surface area contributed by atoms with Gasteiger partial charge in [-0.15, -0.1) is 0 Å². The van der Waals surface area contributed by atoms with Crippen LogP contribution in [0.25, 0.3) is 5.76 Å². The summed E-state index contributed by atoms with van der Waals surface area (Å²) in [5.41, 5.74) is 5.49. The molecule has 5 heteroatoms. The van der Waals surface area contributed by atoms with Gasteiger partial charge in [0.05, 0.1) is 5.69 Å². The van der Waals surface area contributed by atoms with Crippen LogP contribution in [0, 0.1) is 5.82 Å². The van der Waals surface area contributed by atoms with E-state index in [9.17, 15) is 4.39 Å². The van der Waals surface area contributed by atoms with Gasteiger partial charge in [0.1, 0.15) is 16.1 Å². The molecule has 0 aromatic carbocycles. The second-order valence-electron chi connectivity index (χ2n) is 2.15. The molecule has 1 aromatic heterocycles. The normalized spacial score (nSPS) is 9.83. The number of pyridine rings is 1. The average molecular weight is 233 g/mol. The number of aliphatic hydroxyl groups is 1. The summed E-state index contributed by atoms with van der Waals surface area (Å²) in [6.07, 6.45) is 0. The quantitative estimate of drug-likeness (QED) is 0.576. The second kappa shape index (κ2) is 3.10. The van der Waals surface area contributed by atoms with Gasteiger partial charge in [-0.25, -0.2) is 9.37 Å². The fourth-order valence-corrected chi connectivity index (χ4v) is 1.00. The van der Waals surface area contributed by atoms with Crippen molar-refractivity contribution < 1.29 is 9.50 Å². The zero-order chi connectivity index (χ0) is 9.30. The number of hydrogen-bond donors (Lipinski definition) is 2. The minimum Gasteiger partial charge on any atom is -0.506 e. The maximum Gasteiger partial charge on any atom is 0.158 e.